The van der Waals surface area contributed by atoms with E-state index >= 15 is 0 Å². The summed E-state index contributed by atoms with van der Waals surface area (Å²) in [5, 5.41) is 0. The van der Waals surface area contributed by atoms with Crippen LogP contribution >= 0.6 is 0 Å². The molecule has 174 valence electrons. The molecule has 2 aliphatic carbocycles. The molecule has 7 rings (SSSR count). The fraction of sp³-hybridized carbons (Fsp3) is 0.143. The van der Waals surface area contributed by atoms with Crippen LogP contribution in [0.1, 0.15) is 33.4 Å². The van der Waals surface area contributed by atoms with Gasteiger partial charge in [-0.15, -0.1) is 0 Å². The lowest BCUT2D eigenvalue weighted by molar-refractivity contribution is 0.0846. The van der Waals surface area contributed by atoms with E-state index in [0.717, 1.165) is 12.8 Å². The summed E-state index contributed by atoms with van der Waals surface area (Å²) in [7, 11) is 0. The molecule has 36 heavy (non-hydrogen) atoms. The first-order valence-corrected chi connectivity index (χ1v) is 12.8. The molecular formula is C35H28O. The van der Waals surface area contributed by atoms with Gasteiger partial charge in [-0.25, -0.2) is 0 Å². The molecule has 5 aromatic carbocycles. The normalized spacial score (nSPS) is 14.1. The third-order valence-corrected chi connectivity index (χ3v) is 8.08. The van der Waals surface area contributed by atoms with Crippen molar-refractivity contribution in [3.8, 4) is 22.3 Å². The van der Waals surface area contributed by atoms with Gasteiger partial charge in [0.1, 0.15) is 0 Å². The third-order valence-electron chi connectivity index (χ3n) is 8.08. The Labute approximate surface area is 213 Å². The van der Waals surface area contributed by atoms with E-state index in [1.807, 2.05) is 0 Å². The van der Waals surface area contributed by atoms with E-state index in [9.17, 15) is 0 Å². The van der Waals surface area contributed by atoms with Crippen LogP contribution in [-0.4, -0.2) is 6.61 Å². The van der Waals surface area contributed by atoms with Gasteiger partial charge in [0.15, 0.2) is 0 Å². The van der Waals surface area contributed by atoms with Gasteiger partial charge in [0, 0.05) is 5.41 Å². The molecule has 0 bridgehead atoms. The van der Waals surface area contributed by atoms with E-state index in [1.54, 1.807) is 0 Å². The van der Waals surface area contributed by atoms with Crippen LogP contribution in [0, 0.1) is 0 Å². The molecule has 1 nitrogen and oxygen atoms in total. The van der Waals surface area contributed by atoms with Crippen LogP contribution in [-0.2, 0) is 29.6 Å². The lowest BCUT2D eigenvalue weighted by Crippen LogP contribution is -2.34. The van der Waals surface area contributed by atoms with Crippen molar-refractivity contribution in [1.29, 1.82) is 0 Å². The third kappa shape index (κ3) is 3.35. The SMILES string of the molecule is c1ccc(COCC2(Cc3cccc4c3Cc3ccccc3-4)c3ccccc3-c3ccccc32)cc1. The maximum Gasteiger partial charge on any atom is 0.0717 e. The minimum atomic E-state index is -0.230. The zero-order valence-corrected chi connectivity index (χ0v) is 20.3. The van der Waals surface area contributed by atoms with Gasteiger partial charge in [-0.3, -0.25) is 0 Å². The monoisotopic (exact) mass is 464 g/mol. The van der Waals surface area contributed by atoms with E-state index in [1.165, 1.54) is 55.6 Å². The molecule has 0 saturated carbocycles. The Bertz CT molecular complexity index is 1520. The average Bonchev–Trinajstić information content (AvgIpc) is 3.45. The van der Waals surface area contributed by atoms with E-state index in [4.69, 9.17) is 4.74 Å². The smallest absolute Gasteiger partial charge is 0.0717 e. The summed E-state index contributed by atoms with van der Waals surface area (Å²) in [5.74, 6) is 0. The Morgan fingerprint density at radius 3 is 1.92 bits per heavy atom. The van der Waals surface area contributed by atoms with Crippen LogP contribution in [0.5, 0.6) is 0 Å². The molecule has 0 saturated heterocycles. The Kier molecular flexibility index (Phi) is 5.11. The molecule has 0 atom stereocenters. The van der Waals surface area contributed by atoms with Gasteiger partial charge in [-0.2, -0.15) is 0 Å². The first-order valence-electron chi connectivity index (χ1n) is 12.8. The van der Waals surface area contributed by atoms with Gasteiger partial charge in [-0.05, 0) is 68.5 Å². The topological polar surface area (TPSA) is 9.23 Å². The Morgan fingerprint density at radius 2 is 1.17 bits per heavy atom. The van der Waals surface area contributed by atoms with Gasteiger partial charge < -0.3 is 4.74 Å². The summed E-state index contributed by atoms with van der Waals surface area (Å²) in [4.78, 5) is 0. The summed E-state index contributed by atoms with van der Waals surface area (Å²) >= 11 is 0. The zero-order chi connectivity index (χ0) is 24.0. The second kappa shape index (κ2) is 8.62. The first-order chi connectivity index (χ1) is 17.8. The molecule has 0 unspecified atom stereocenters. The second-order valence-corrected chi connectivity index (χ2v) is 10.1. The van der Waals surface area contributed by atoms with Crippen LogP contribution in [0.15, 0.2) is 121 Å². The van der Waals surface area contributed by atoms with Crippen molar-refractivity contribution in [2.45, 2.75) is 24.9 Å². The number of ether oxygens (including phenoxy) is 1. The van der Waals surface area contributed by atoms with Crippen molar-refractivity contribution >= 4 is 0 Å². The lowest BCUT2D eigenvalue weighted by Gasteiger charge is -2.33. The highest BCUT2D eigenvalue weighted by molar-refractivity contribution is 5.82. The van der Waals surface area contributed by atoms with Crippen molar-refractivity contribution in [1.82, 2.24) is 0 Å². The van der Waals surface area contributed by atoms with E-state index in [0.29, 0.717) is 13.2 Å². The van der Waals surface area contributed by atoms with Gasteiger partial charge >= 0.3 is 0 Å². The quantitative estimate of drug-likeness (QED) is 0.243. The number of fused-ring (bicyclic) bond motifs is 6. The van der Waals surface area contributed by atoms with Crippen molar-refractivity contribution in [3.63, 3.8) is 0 Å². The molecule has 0 N–H and O–H groups in total. The molecule has 0 heterocycles. The van der Waals surface area contributed by atoms with Crippen molar-refractivity contribution < 1.29 is 4.74 Å². The van der Waals surface area contributed by atoms with Crippen molar-refractivity contribution in [3.05, 3.63) is 155 Å². The fourth-order valence-corrected chi connectivity index (χ4v) is 6.44. The molecule has 5 aromatic rings. The molecule has 0 aliphatic heterocycles. The van der Waals surface area contributed by atoms with Crippen LogP contribution in [0.3, 0.4) is 0 Å². The minimum Gasteiger partial charge on any atom is -0.375 e. The van der Waals surface area contributed by atoms with E-state index < -0.39 is 0 Å². The van der Waals surface area contributed by atoms with Crippen molar-refractivity contribution in [2.75, 3.05) is 6.61 Å². The molecular weight excluding hydrogens is 436 g/mol. The van der Waals surface area contributed by atoms with Gasteiger partial charge in [0.2, 0.25) is 0 Å². The van der Waals surface area contributed by atoms with Gasteiger partial charge in [-0.1, -0.05) is 121 Å². The van der Waals surface area contributed by atoms with Gasteiger partial charge in [0.25, 0.3) is 0 Å². The van der Waals surface area contributed by atoms with E-state index in [-0.39, 0.29) is 5.41 Å². The molecule has 0 radical (unpaired) electrons. The molecule has 0 amide bonds. The number of rotatable bonds is 6. The number of benzene rings is 5. The Hall–Kier alpha value is -3.94. The molecule has 0 spiro atoms. The number of hydrogen-bond donors (Lipinski definition) is 0. The summed E-state index contributed by atoms with van der Waals surface area (Å²) < 4.78 is 6.57. The Morgan fingerprint density at radius 1 is 0.556 bits per heavy atom. The highest BCUT2D eigenvalue weighted by Gasteiger charge is 2.44. The van der Waals surface area contributed by atoms with Crippen LogP contribution in [0.2, 0.25) is 0 Å². The summed E-state index contributed by atoms with van der Waals surface area (Å²) in [6.07, 6.45) is 1.93. The average molecular weight is 465 g/mol. The largest absolute Gasteiger partial charge is 0.375 e. The number of hydrogen-bond acceptors (Lipinski definition) is 1. The highest BCUT2D eigenvalue weighted by Crippen LogP contribution is 2.52. The first kappa shape index (κ1) is 21.4. The molecule has 0 aromatic heterocycles. The lowest BCUT2D eigenvalue weighted by atomic mass is 9.73. The predicted octanol–water partition coefficient (Wildman–Crippen LogP) is 7.98. The highest BCUT2D eigenvalue weighted by atomic mass is 16.5. The predicted molar refractivity (Wildman–Crippen MR) is 147 cm³/mol. The Balaban J connectivity index is 1.34. The van der Waals surface area contributed by atoms with Crippen LogP contribution in [0.25, 0.3) is 22.3 Å². The summed E-state index contributed by atoms with van der Waals surface area (Å²) in [5.41, 5.74) is 13.5. The molecule has 0 fully saturated rings. The van der Waals surface area contributed by atoms with E-state index in [2.05, 4.69) is 121 Å². The standard InChI is InChI=1S/C35H28O/c1-2-11-25(12-3-1)23-36-24-35(33-19-8-6-16-30(33)31-17-7-9-20-34(31)35)22-27-14-10-18-29-28-15-5-4-13-26(28)21-32(27)29/h1-20H,21-24H2. The maximum atomic E-state index is 6.57. The molecule has 1 heteroatoms. The zero-order valence-electron chi connectivity index (χ0n) is 20.3. The van der Waals surface area contributed by atoms with Gasteiger partial charge in [0.05, 0.1) is 13.2 Å². The summed E-state index contributed by atoms with van der Waals surface area (Å²) in [6, 6.07) is 44.1. The maximum absolute atomic E-state index is 6.57. The fourth-order valence-electron chi connectivity index (χ4n) is 6.44. The van der Waals surface area contributed by atoms with Crippen LogP contribution < -0.4 is 0 Å². The molecule has 2 aliphatic rings. The minimum absolute atomic E-state index is 0.230. The summed E-state index contributed by atoms with van der Waals surface area (Å²) in [6.45, 7) is 1.26. The van der Waals surface area contributed by atoms with Crippen molar-refractivity contribution in [2.24, 2.45) is 0 Å². The second-order valence-electron chi connectivity index (χ2n) is 10.1. The van der Waals surface area contributed by atoms with Crippen LogP contribution in [0.4, 0.5) is 0 Å².